The lowest BCUT2D eigenvalue weighted by Crippen LogP contribution is -2.83. The second-order valence-electron chi connectivity index (χ2n) is 7.44. The summed E-state index contributed by atoms with van der Waals surface area (Å²) in [7, 11) is -3.91. The van der Waals surface area contributed by atoms with Gasteiger partial charge in [-0.3, -0.25) is 4.55 Å². The molecule has 0 spiro atoms. The van der Waals surface area contributed by atoms with Crippen LogP contribution in [0.25, 0.3) is 0 Å². The summed E-state index contributed by atoms with van der Waals surface area (Å²) in [5, 5.41) is 2.05. The maximum Gasteiger partial charge on any atom is 0.265 e. The zero-order valence-electron chi connectivity index (χ0n) is 15.4. The lowest BCUT2D eigenvalue weighted by atomic mass is 9.74. The molecule has 0 aromatic heterocycles. The molecule has 0 unspecified atom stereocenters. The predicted octanol–water partition coefficient (Wildman–Crippen LogP) is 3.77. The summed E-state index contributed by atoms with van der Waals surface area (Å²) in [6.45, 7) is 13.4. The Labute approximate surface area is 165 Å². The maximum absolute atomic E-state index is 10.9. The summed E-state index contributed by atoms with van der Waals surface area (Å²) in [5.74, 6) is -0.217. The Hall–Kier alpha value is -0.700. The molecule has 1 rings (SSSR count). The van der Waals surface area contributed by atoms with E-state index in [1.165, 1.54) is 5.57 Å². The van der Waals surface area contributed by atoms with Crippen LogP contribution in [0.2, 0.25) is 0 Å². The number of allylic oxidation sites excluding steroid dienone is 7. The van der Waals surface area contributed by atoms with Gasteiger partial charge < -0.3 is 5.32 Å². The molecule has 0 saturated heterocycles. The second kappa shape index (κ2) is 8.79. The highest BCUT2D eigenvalue weighted by atomic mass is 127. The number of hydrogen-bond acceptors (Lipinski definition) is 2. The molecule has 3 N–H and O–H groups in total. The van der Waals surface area contributed by atoms with Crippen LogP contribution in [0.15, 0.2) is 57.9 Å². The lowest BCUT2D eigenvalue weighted by molar-refractivity contribution is -0.603. The van der Waals surface area contributed by atoms with Crippen molar-refractivity contribution in [3.63, 3.8) is 0 Å². The maximum atomic E-state index is 10.9. The summed E-state index contributed by atoms with van der Waals surface area (Å²) >= 11 is 2.19. The summed E-state index contributed by atoms with van der Waals surface area (Å²) in [6.07, 6.45) is 10.9. The molecule has 140 valence electrons. The van der Waals surface area contributed by atoms with Crippen LogP contribution < -0.4 is 5.32 Å². The monoisotopic (exact) mass is 478 g/mol. The molecule has 0 aromatic carbocycles. The van der Waals surface area contributed by atoms with Gasteiger partial charge in [-0.25, -0.2) is 0 Å². The van der Waals surface area contributed by atoms with Gasteiger partial charge in [0.15, 0.2) is 0 Å². The van der Waals surface area contributed by atoms with E-state index in [0.29, 0.717) is 13.0 Å². The van der Waals surface area contributed by atoms with Gasteiger partial charge in [-0.15, -0.1) is 0 Å². The van der Waals surface area contributed by atoms with Crippen LogP contribution in [-0.4, -0.2) is 25.3 Å². The average Bonchev–Trinajstić information content (AvgIpc) is 2.61. The molecule has 0 bridgehead atoms. The molecule has 0 atom stereocenters. The van der Waals surface area contributed by atoms with Crippen LogP contribution in [0.4, 0.5) is 0 Å². The van der Waals surface area contributed by atoms with Crippen molar-refractivity contribution in [1.29, 1.82) is 0 Å². The minimum atomic E-state index is -3.91. The Morgan fingerprint density at radius 2 is 2.08 bits per heavy atom. The average molecular weight is 478 g/mol. The molecule has 4 nitrogen and oxygen atoms in total. The third kappa shape index (κ3) is 7.21. The quantitative estimate of drug-likeness (QED) is 0.242. The van der Waals surface area contributed by atoms with E-state index in [1.807, 2.05) is 21.6 Å². The largest absolute Gasteiger partial charge is 0.314 e. The number of rotatable bonds is 8. The van der Waals surface area contributed by atoms with Crippen molar-refractivity contribution < 1.29 is 18.3 Å². The minimum Gasteiger partial charge on any atom is -0.314 e. The Morgan fingerprint density at radius 3 is 2.64 bits per heavy atom. The van der Waals surface area contributed by atoms with Crippen LogP contribution in [0.3, 0.4) is 0 Å². The van der Waals surface area contributed by atoms with Crippen molar-refractivity contribution in [2.45, 2.75) is 34.1 Å². The fourth-order valence-corrected chi connectivity index (χ4v) is 3.66. The summed E-state index contributed by atoms with van der Waals surface area (Å²) in [5.41, 5.74) is 2.93. The topological polar surface area (TPSA) is 71.0 Å². The lowest BCUT2D eigenvalue weighted by Gasteiger charge is -2.31. The molecular formula is C19H29INO3S+. The van der Waals surface area contributed by atoms with Crippen LogP contribution >= 0.6 is 22.6 Å². The zero-order valence-corrected chi connectivity index (χ0v) is 18.4. The molecular weight excluding hydrogens is 449 g/mol. The molecule has 0 saturated carbocycles. The fourth-order valence-electron chi connectivity index (χ4n) is 2.69. The zero-order chi connectivity index (χ0) is 19.3. The molecule has 0 aromatic rings. The van der Waals surface area contributed by atoms with E-state index in [2.05, 4.69) is 75.1 Å². The smallest absolute Gasteiger partial charge is 0.265 e. The molecule has 0 radical (unpaired) electrons. The highest BCUT2D eigenvalue weighted by Crippen LogP contribution is 2.40. The van der Waals surface area contributed by atoms with Gasteiger partial charge in [-0.05, 0) is 15.7 Å². The first-order valence-electron chi connectivity index (χ1n) is 8.27. The van der Waals surface area contributed by atoms with Crippen LogP contribution in [0.5, 0.6) is 0 Å². The predicted molar refractivity (Wildman–Crippen MR) is 113 cm³/mol. The van der Waals surface area contributed by atoms with Gasteiger partial charge in [0, 0.05) is 22.8 Å². The van der Waals surface area contributed by atoms with Gasteiger partial charge >= 0.3 is 0 Å². The van der Waals surface area contributed by atoms with Crippen LogP contribution in [-0.2, 0) is 10.1 Å². The van der Waals surface area contributed by atoms with E-state index in [-0.39, 0.29) is 16.6 Å². The Bertz CT molecular complexity index is 726. The molecule has 6 heteroatoms. The van der Waals surface area contributed by atoms with Crippen molar-refractivity contribution in [3.05, 3.63) is 57.9 Å². The number of halogens is 1. The van der Waals surface area contributed by atoms with E-state index in [1.54, 1.807) is 0 Å². The van der Waals surface area contributed by atoms with Crippen molar-refractivity contribution in [1.82, 2.24) is 0 Å². The van der Waals surface area contributed by atoms with Crippen LogP contribution in [0.1, 0.15) is 34.1 Å². The first-order chi connectivity index (χ1) is 11.4. The Morgan fingerprint density at radius 1 is 1.44 bits per heavy atom. The molecule has 1 aliphatic rings. The van der Waals surface area contributed by atoms with E-state index >= 15 is 0 Å². The first-order valence-corrected chi connectivity index (χ1v) is 11.1. The third-order valence-electron chi connectivity index (χ3n) is 4.34. The SMILES string of the molecule is C=C(/C=C/I)C(C)(C)C1=CC(C)(C)C=CC=C1[NH2+]CCCS(=O)(=O)O. The van der Waals surface area contributed by atoms with E-state index in [0.717, 1.165) is 11.3 Å². The fraction of sp³-hybridized carbons (Fsp3) is 0.474. The highest BCUT2D eigenvalue weighted by Gasteiger charge is 2.32. The van der Waals surface area contributed by atoms with Gasteiger partial charge in [0.25, 0.3) is 10.1 Å². The third-order valence-corrected chi connectivity index (χ3v) is 5.50. The van der Waals surface area contributed by atoms with Gasteiger partial charge in [0.2, 0.25) is 0 Å². The van der Waals surface area contributed by atoms with Gasteiger partial charge in [0.1, 0.15) is 5.70 Å². The van der Waals surface area contributed by atoms with Crippen molar-refractivity contribution >= 4 is 32.7 Å². The molecule has 25 heavy (non-hydrogen) atoms. The molecule has 1 aliphatic carbocycles. The van der Waals surface area contributed by atoms with Crippen LogP contribution in [0, 0.1) is 10.8 Å². The number of hydrogen-bond donors (Lipinski definition) is 2. The minimum absolute atomic E-state index is 0.0819. The van der Waals surface area contributed by atoms with Gasteiger partial charge in [-0.2, -0.15) is 8.42 Å². The first kappa shape index (κ1) is 22.3. The van der Waals surface area contributed by atoms with E-state index in [4.69, 9.17) is 4.55 Å². The second-order valence-corrected chi connectivity index (χ2v) is 9.73. The molecule has 0 heterocycles. The number of quaternary nitrogens is 1. The normalized spacial score (nSPS) is 18.0. The number of nitrogens with two attached hydrogens (primary N) is 1. The van der Waals surface area contributed by atoms with E-state index < -0.39 is 10.1 Å². The molecule has 0 aliphatic heterocycles. The molecule has 0 amide bonds. The van der Waals surface area contributed by atoms with E-state index in [9.17, 15) is 8.42 Å². The summed E-state index contributed by atoms with van der Waals surface area (Å²) in [4.78, 5) is 0. The Balaban J connectivity index is 3.09. The van der Waals surface area contributed by atoms with Gasteiger partial charge in [-0.1, -0.05) is 81.2 Å². The summed E-state index contributed by atoms with van der Waals surface area (Å²) in [6, 6.07) is 0. The van der Waals surface area contributed by atoms with Crippen molar-refractivity contribution in [2.24, 2.45) is 10.8 Å². The Kier molecular flexibility index (Phi) is 7.86. The summed E-state index contributed by atoms with van der Waals surface area (Å²) < 4.78 is 32.6. The van der Waals surface area contributed by atoms with Gasteiger partial charge in [0.05, 0.1) is 12.3 Å². The van der Waals surface area contributed by atoms with Crippen molar-refractivity contribution in [2.75, 3.05) is 12.3 Å². The highest BCUT2D eigenvalue weighted by molar-refractivity contribution is 14.1. The molecule has 0 fully saturated rings. The van der Waals surface area contributed by atoms with Crippen molar-refractivity contribution in [3.8, 4) is 0 Å². The standard InChI is InChI=1S/C19H28INO3S/c1-15(9-11-20)19(4,5)16-14-18(2,3)10-6-8-17(16)21-12-7-13-25(22,23)24/h6,8-11,14,21H,1,7,12-13H2,2-5H3,(H,22,23,24)/p+1/b11-9+.